The molecule has 0 aliphatic carbocycles. The molecule has 2 nitrogen and oxygen atoms in total. The summed E-state index contributed by atoms with van der Waals surface area (Å²) in [5.41, 5.74) is 0. The Labute approximate surface area is 88.5 Å². The van der Waals surface area contributed by atoms with E-state index in [1.807, 2.05) is 41.7 Å². The van der Waals surface area contributed by atoms with Crippen molar-refractivity contribution in [1.82, 2.24) is 4.31 Å². The molecule has 14 heavy (non-hydrogen) atoms. The molecule has 0 aromatic heterocycles. The molecule has 0 amide bonds. The minimum Gasteiger partial charge on any atom is -0.237 e. The lowest BCUT2D eigenvalue weighted by Crippen LogP contribution is -2.22. The average Bonchev–Trinajstić information content (AvgIpc) is 2.26. The first kappa shape index (κ1) is 11.4. The standard InChI is InChI=1S/C11H17NOS/c1-3-4-10-12(2)14(13)11-8-6-5-7-9-11/h5-9H,3-4,10H2,1-2H3. The summed E-state index contributed by atoms with van der Waals surface area (Å²) in [4.78, 5) is 0.881. The third-order valence-corrected chi connectivity index (χ3v) is 3.48. The molecule has 0 saturated heterocycles. The Morgan fingerprint density at radius 1 is 1.29 bits per heavy atom. The van der Waals surface area contributed by atoms with Gasteiger partial charge in [-0.2, -0.15) is 0 Å². The van der Waals surface area contributed by atoms with Crippen LogP contribution in [0.2, 0.25) is 0 Å². The predicted octanol–water partition coefficient (Wildman–Crippen LogP) is 2.44. The van der Waals surface area contributed by atoms with Crippen LogP contribution in [0.5, 0.6) is 0 Å². The zero-order chi connectivity index (χ0) is 10.4. The minimum atomic E-state index is -0.996. The fourth-order valence-electron chi connectivity index (χ4n) is 1.18. The van der Waals surface area contributed by atoms with Gasteiger partial charge in [-0.15, -0.1) is 0 Å². The topological polar surface area (TPSA) is 20.3 Å². The monoisotopic (exact) mass is 211 g/mol. The van der Waals surface area contributed by atoms with Crippen LogP contribution in [0.3, 0.4) is 0 Å². The van der Waals surface area contributed by atoms with Crippen LogP contribution in [0.1, 0.15) is 19.8 Å². The van der Waals surface area contributed by atoms with E-state index in [1.54, 1.807) is 0 Å². The van der Waals surface area contributed by atoms with Crippen LogP contribution in [0.25, 0.3) is 0 Å². The van der Waals surface area contributed by atoms with Crippen molar-refractivity contribution in [3.8, 4) is 0 Å². The van der Waals surface area contributed by atoms with E-state index in [9.17, 15) is 4.21 Å². The highest BCUT2D eigenvalue weighted by Crippen LogP contribution is 2.09. The number of nitrogens with zero attached hydrogens (tertiary/aromatic N) is 1. The fourth-order valence-corrected chi connectivity index (χ4v) is 2.23. The predicted molar refractivity (Wildman–Crippen MR) is 60.4 cm³/mol. The van der Waals surface area contributed by atoms with Crippen molar-refractivity contribution in [1.29, 1.82) is 0 Å². The van der Waals surface area contributed by atoms with Crippen molar-refractivity contribution >= 4 is 11.0 Å². The molecule has 0 saturated carbocycles. The number of rotatable bonds is 5. The Kier molecular flexibility index (Phi) is 4.84. The van der Waals surface area contributed by atoms with Crippen molar-refractivity contribution in [3.05, 3.63) is 30.3 Å². The molecule has 0 spiro atoms. The van der Waals surface area contributed by atoms with Gasteiger partial charge in [-0.3, -0.25) is 0 Å². The number of hydrogen-bond donors (Lipinski definition) is 0. The summed E-state index contributed by atoms with van der Waals surface area (Å²) in [5.74, 6) is 0. The summed E-state index contributed by atoms with van der Waals surface area (Å²) in [6, 6.07) is 9.58. The molecule has 78 valence electrons. The molecule has 1 atom stereocenters. The first-order valence-corrected chi connectivity index (χ1v) is 6.04. The van der Waals surface area contributed by atoms with Gasteiger partial charge in [0, 0.05) is 13.6 Å². The summed E-state index contributed by atoms with van der Waals surface area (Å²) in [6.45, 7) is 3.03. The van der Waals surface area contributed by atoms with Gasteiger partial charge < -0.3 is 0 Å². The molecule has 0 fully saturated rings. The molecule has 1 unspecified atom stereocenters. The summed E-state index contributed by atoms with van der Waals surface area (Å²) < 4.78 is 13.8. The number of benzene rings is 1. The molecule has 1 aromatic rings. The van der Waals surface area contributed by atoms with E-state index in [2.05, 4.69) is 6.92 Å². The van der Waals surface area contributed by atoms with Crippen molar-refractivity contribution in [3.63, 3.8) is 0 Å². The largest absolute Gasteiger partial charge is 0.237 e. The molecule has 0 N–H and O–H groups in total. The quantitative estimate of drug-likeness (QED) is 0.732. The van der Waals surface area contributed by atoms with E-state index in [4.69, 9.17) is 0 Å². The smallest absolute Gasteiger partial charge is 0.127 e. The van der Waals surface area contributed by atoms with Crippen LogP contribution in [-0.2, 0) is 11.0 Å². The Hall–Kier alpha value is -0.670. The Bertz CT molecular complexity index is 287. The molecule has 0 bridgehead atoms. The van der Waals surface area contributed by atoms with Gasteiger partial charge in [-0.1, -0.05) is 31.5 Å². The van der Waals surface area contributed by atoms with Crippen molar-refractivity contribution in [2.45, 2.75) is 24.7 Å². The van der Waals surface area contributed by atoms with Gasteiger partial charge in [-0.05, 0) is 18.6 Å². The summed E-state index contributed by atoms with van der Waals surface area (Å²) in [7, 11) is 0.905. The molecule has 0 aliphatic heterocycles. The van der Waals surface area contributed by atoms with Crippen molar-refractivity contribution < 1.29 is 4.21 Å². The van der Waals surface area contributed by atoms with E-state index >= 15 is 0 Å². The van der Waals surface area contributed by atoms with Gasteiger partial charge in [0.25, 0.3) is 0 Å². The van der Waals surface area contributed by atoms with Gasteiger partial charge >= 0.3 is 0 Å². The molecular formula is C11H17NOS. The van der Waals surface area contributed by atoms with Gasteiger partial charge in [0.15, 0.2) is 0 Å². The lowest BCUT2D eigenvalue weighted by Gasteiger charge is -2.14. The summed E-state index contributed by atoms with van der Waals surface area (Å²) in [6.07, 6.45) is 2.23. The van der Waals surface area contributed by atoms with Gasteiger partial charge in [0.05, 0.1) is 4.90 Å². The highest BCUT2D eigenvalue weighted by molar-refractivity contribution is 7.82. The number of hydrogen-bond acceptors (Lipinski definition) is 1. The average molecular weight is 211 g/mol. The second kappa shape index (κ2) is 5.94. The summed E-state index contributed by atoms with van der Waals surface area (Å²) in [5, 5.41) is 0. The molecule has 0 heterocycles. The maximum absolute atomic E-state index is 11.9. The fraction of sp³-hybridized carbons (Fsp3) is 0.455. The van der Waals surface area contributed by atoms with Gasteiger partial charge in [0.1, 0.15) is 11.0 Å². The lowest BCUT2D eigenvalue weighted by atomic mass is 10.3. The Balaban J connectivity index is 2.57. The zero-order valence-corrected chi connectivity index (χ0v) is 9.59. The van der Waals surface area contributed by atoms with Gasteiger partial charge in [-0.25, -0.2) is 8.51 Å². The van der Waals surface area contributed by atoms with Crippen LogP contribution >= 0.6 is 0 Å². The maximum Gasteiger partial charge on any atom is 0.127 e. The van der Waals surface area contributed by atoms with E-state index < -0.39 is 11.0 Å². The second-order valence-electron chi connectivity index (χ2n) is 3.27. The molecule has 1 aromatic carbocycles. The van der Waals surface area contributed by atoms with E-state index in [0.29, 0.717) is 0 Å². The van der Waals surface area contributed by atoms with Crippen LogP contribution in [-0.4, -0.2) is 22.1 Å². The second-order valence-corrected chi connectivity index (χ2v) is 4.86. The summed E-state index contributed by atoms with van der Waals surface area (Å²) >= 11 is 0. The SMILES string of the molecule is CCCCN(C)S(=O)c1ccccc1. The first-order chi connectivity index (χ1) is 6.75. The van der Waals surface area contributed by atoms with E-state index in [0.717, 1.165) is 24.3 Å². The first-order valence-electron chi connectivity index (χ1n) is 4.93. The van der Waals surface area contributed by atoms with E-state index in [1.165, 1.54) is 0 Å². The van der Waals surface area contributed by atoms with Crippen LogP contribution in [0.15, 0.2) is 35.2 Å². The van der Waals surface area contributed by atoms with Gasteiger partial charge in [0.2, 0.25) is 0 Å². The Morgan fingerprint density at radius 2 is 1.93 bits per heavy atom. The van der Waals surface area contributed by atoms with Crippen LogP contribution in [0, 0.1) is 0 Å². The van der Waals surface area contributed by atoms with Crippen molar-refractivity contribution in [2.24, 2.45) is 0 Å². The molecule has 1 rings (SSSR count). The number of unbranched alkanes of at least 4 members (excludes halogenated alkanes) is 1. The van der Waals surface area contributed by atoms with E-state index in [-0.39, 0.29) is 0 Å². The molecule has 0 radical (unpaired) electrons. The Morgan fingerprint density at radius 3 is 2.50 bits per heavy atom. The molecule has 0 aliphatic rings. The minimum absolute atomic E-state index is 0.881. The lowest BCUT2D eigenvalue weighted by molar-refractivity contribution is 0.504. The maximum atomic E-state index is 11.9. The highest BCUT2D eigenvalue weighted by Gasteiger charge is 2.08. The molecule has 3 heteroatoms. The van der Waals surface area contributed by atoms with Crippen molar-refractivity contribution in [2.75, 3.05) is 13.6 Å². The third kappa shape index (κ3) is 3.24. The van der Waals surface area contributed by atoms with Crippen LogP contribution in [0.4, 0.5) is 0 Å². The normalized spacial score (nSPS) is 13.1. The van der Waals surface area contributed by atoms with Crippen LogP contribution < -0.4 is 0 Å². The third-order valence-electron chi connectivity index (χ3n) is 2.05. The molecular weight excluding hydrogens is 194 g/mol. The zero-order valence-electron chi connectivity index (χ0n) is 8.77. The highest BCUT2D eigenvalue weighted by atomic mass is 32.2.